The van der Waals surface area contributed by atoms with E-state index < -0.39 is 5.97 Å². The number of benzene rings is 3. The lowest BCUT2D eigenvalue weighted by atomic mass is 9.97. The molecule has 27 heavy (non-hydrogen) atoms. The van der Waals surface area contributed by atoms with Crippen LogP contribution in [0.15, 0.2) is 78.9 Å². The van der Waals surface area contributed by atoms with Crippen LogP contribution in [-0.4, -0.2) is 22.0 Å². The van der Waals surface area contributed by atoms with Gasteiger partial charge in [0.2, 0.25) is 0 Å². The van der Waals surface area contributed by atoms with E-state index in [1.165, 1.54) is 24.3 Å². The molecule has 0 saturated carbocycles. The molecule has 0 fully saturated rings. The van der Waals surface area contributed by atoms with Gasteiger partial charge >= 0.3 is 5.97 Å². The van der Waals surface area contributed by atoms with Crippen LogP contribution in [0.2, 0.25) is 0 Å². The number of ketones is 1. The predicted molar refractivity (Wildman–Crippen MR) is 103 cm³/mol. The zero-order valence-electron chi connectivity index (χ0n) is 14.5. The Labute approximate surface area is 156 Å². The van der Waals surface area contributed by atoms with Crippen molar-refractivity contribution in [2.24, 2.45) is 0 Å². The second-order valence-corrected chi connectivity index (χ2v) is 6.16. The van der Waals surface area contributed by atoms with E-state index in [-0.39, 0.29) is 29.6 Å². The highest BCUT2D eigenvalue weighted by Gasteiger charge is 2.17. The average Bonchev–Trinajstić information content (AvgIpc) is 2.69. The quantitative estimate of drug-likeness (QED) is 0.539. The van der Waals surface area contributed by atoms with Gasteiger partial charge < -0.3 is 15.5 Å². The Bertz CT molecular complexity index is 919. The van der Waals surface area contributed by atoms with Crippen LogP contribution in [0.4, 0.5) is 5.69 Å². The predicted octanol–water partition coefficient (Wildman–Crippen LogP) is 4.52. The SMILES string of the molecule is O=C(O)c1ccc(NC(CC(=O)c2ccc(O)cc2)c2ccccc2)cc1. The summed E-state index contributed by atoms with van der Waals surface area (Å²) in [6.07, 6.45) is 0.218. The van der Waals surface area contributed by atoms with Crippen molar-refractivity contribution in [2.45, 2.75) is 12.5 Å². The minimum atomic E-state index is -0.983. The van der Waals surface area contributed by atoms with Gasteiger partial charge in [0.1, 0.15) is 5.75 Å². The fraction of sp³-hybridized carbons (Fsp3) is 0.0909. The summed E-state index contributed by atoms with van der Waals surface area (Å²) in [7, 11) is 0. The molecule has 5 nitrogen and oxygen atoms in total. The van der Waals surface area contributed by atoms with Crippen molar-refractivity contribution in [3.05, 3.63) is 95.6 Å². The number of hydrogen-bond donors (Lipinski definition) is 3. The Kier molecular flexibility index (Phi) is 5.52. The van der Waals surface area contributed by atoms with Gasteiger partial charge in [-0.3, -0.25) is 4.79 Å². The monoisotopic (exact) mass is 361 g/mol. The van der Waals surface area contributed by atoms with Gasteiger partial charge in [-0.05, 0) is 54.1 Å². The van der Waals surface area contributed by atoms with Gasteiger partial charge in [0.15, 0.2) is 5.78 Å². The molecule has 136 valence electrons. The highest BCUT2D eigenvalue weighted by atomic mass is 16.4. The first-order chi connectivity index (χ1) is 13.0. The molecule has 0 bridgehead atoms. The smallest absolute Gasteiger partial charge is 0.335 e. The van der Waals surface area contributed by atoms with E-state index in [9.17, 15) is 14.7 Å². The van der Waals surface area contributed by atoms with Gasteiger partial charge in [-0.15, -0.1) is 0 Å². The summed E-state index contributed by atoms with van der Waals surface area (Å²) >= 11 is 0. The van der Waals surface area contributed by atoms with E-state index in [0.717, 1.165) is 11.3 Å². The Morgan fingerprint density at radius 1 is 0.815 bits per heavy atom. The van der Waals surface area contributed by atoms with Gasteiger partial charge in [-0.1, -0.05) is 30.3 Å². The lowest BCUT2D eigenvalue weighted by Gasteiger charge is -2.20. The zero-order valence-corrected chi connectivity index (χ0v) is 14.5. The molecule has 0 aliphatic carbocycles. The summed E-state index contributed by atoms with van der Waals surface area (Å²) < 4.78 is 0. The van der Waals surface area contributed by atoms with Gasteiger partial charge in [-0.25, -0.2) is 4.79 Å². The molecule has 0 saturated heterocycles. The Hall–Kier alpha value is -3.60. The number of rotatable bonds is 7. The van der Waals surface area contributed by atoms with E-state index in [1.807, 2.05) is 30.3 Å². The molecule has 0 aliphatic heterocycles. The number of phenols is 1. The number of carboxylic acid groups (broad SMARTS) is 1. The molecule has 3 rings (SSSR count). The molecule has 0 heterocycles. The molecule has 1 unspecified atom stereocenters. The number of phenolic OH excluding ortho intramolecular Hbond substituents is 1. The van der Waals surface area contributed by atoms with Crippen molar-refractivity contribution in [3.63, 3.8) is 0 Å². The zero-order chi connectivity index (χ0) is 19.2. The van der Waals surface area contributed by atoms with Crippen LogP contribution in [-0.2, 0) is 0 Å². The molecule has 1 atom stereocenters. The number of hydrogen-bond acceptors (Lipinski definition) is 4. The van der Waals surface area contributed by atoms with E-state index in [4.69, 9.17) is 5.11 Å². The summed E-state index contributed by atoms with van der Waals surface area (Å²) in [5.41, 5.74) is 2.41. The fourth-order valence-electron chi connectivity index (χ4n) is 2.80. The molecule has 5 heteroatoms. The minimum Gasteiger partial charge on any atom is -0.508 e. The van der Waals surface area contributed by atoms with E-state index in [0.29, 0.717) is 5.56 Å². The van der Waals surface area contributed by atoms with Crippen LogP contribution in [0.3, 0.4) is 0 Å². The molecule has 0 spiro atoms. The normalized spacial score (nSPS) is 11.6. The average molecular weight is 361 g/mol. The van der Waals surface area contributed by atoms with Gasteiger partial charge in [0.05, 0.1) is 11.6 Å². The number of Topliss-reactive ketones (excluding diaryl/α,β-unsaturated/α-hetero) is 1. The first-order valence-corrected chi connectivity index (χ1v) is 8.50. The third-order valence-electron chi connectivity index (χ3n) is 4.25. The summed E-state index contributed by atoms with van der Waals surface area (Å²) in [6.45, 7) is 0. The fourth-order valence-corrected chi connectivity index (χ4v) is 2.80. The lowest BCUT2D eigenvalue weighted by Crippen LogP contribution is -2.16. The molecular formula is C22H19NO4. The number of aromatic carboxylic acids is 1. The summed E-state index contributed by atoms with van der Waals surface area (Å²) in [5.74, 6) is -0.926. The summed E-state index contributed by atoms with van der Waals surface area (Å²) in [6, 6.07) is 21.9. The van der Waals surface area contributed by atoms with Crippen molar-refractivity contribution in [1.82, 2.24) is 0 Å². The van der Waals surface area contributed by atoms with Gasteiger partial charge in [0.25, 0.3) is 0 Å². The van der Waals surface area contributed by atoms with Crippen molar-refractivity contribution in [3.8, 4) is 5.75 Å². The number of nitrogens with one attached hydrogen (secondary N) is 1. The highest BCUT2D eigenvalue weighted by molar-refractivity contribution is 5.96. The largest absolute Gasteiger partial charge is 0.508 e. The van der Waals surface area contributed by atoms with Crippen LogP contribution in [0.25, 0.3) is 0 Å². The van der Waals surface area contributed by atoms with Crippen molar-refractivity contribution in [1.29, 1.82) is 0 Å². The molecule has 0 amide bonds. The maximum Gasteiger partial charge on any atom is 0.335 e. The number of aromatic hydroxyl groups is 1. The molecule has 3 N–H and O–H groups in total. The second kappa shape index (κ2) is 8.19. The Morgan fingerprint density at radius 3 is 2.00 bits per heavy atom. The van der Waals surface area contributed by atoms with Crippen LogP contribution in [0.1, 0.15) is 38.7 Å². The molecule has 3 aromatic carbocycles. The summed E-state index contributed by atoms with van der Waals surface area (Å²) in [5, 5.41) is 21.7. The first-order valence-electron chi connectivity index (χ1n) is 8.50. The number of anilines is 1. The first kappa shape index (κ1) is 18.2. The number of carbonyl (C=O) groups excluding carboxylic acids is 1. The van der Waals surface area contributed by atoms with Crippen molar-refractivity contribution < 1.29 is 19.8 Å². The molecule has 0 aromatic heterocycles. The molecular weight excluding hydrogens is 342 g/mol. The Balaban J connectivity index is 1.82. The van der Waals surface area contributed by atoms with Crippen LogP contribution < -0.4 is 5.32 Å². The summed E-state index contributed by atoms with van der Waals surface area (Å²) in [4.78, 5) is 23.7. The van der Waals surface area contributed by atoms with E-state index in [1.54, 1.807) is 24.3 Å². The maximum absolute atomic E-state index is 12.7. The lowest BCUT2D eigenvalue weighted by molar-refractivity contribution is 0.0696. The third-order valence-corrected chi connectivity index (χ3v) is 4.25. The van der Waals surface area contributed by atoms with Gasteiger partial charge in [-0.2, -0.15) is 0 Å². The minimum absolute atomic E-state index is 0.0569. The molecule has 0 radical (unpaired) electrons. The van der Waals surface area contributed by atoms with Crippen LogP contribution in [0, 0.1) is 0 Å². The molecule has 3 aromatic rings. The second-order valence-electron chi connectivity index (χ2n) is 6.16. The Morgan fingerprint density at radius 2 is 1.41 bits per heavy atom. The van der Waals surface area contributed by atoms with E-state index >= 15 is 0 Å². The van der Waals surface area contributed by atoms with Crippen molar-refractivity contribution >= 4 is 17.4 Å². The number of carboxylic acids is 1. The maximum atomic E-state index is 12.7. The van der Waals surface area contributed by atoms with E-state index in [2.05, 4.69) is 5.32 Å². The van der Waals surface area contributed by atoms with Crippen LogP contribution >= 0.6 is 0 Å². The van der Waals surface area contributed by atoms with Gasteiger partial charge in [0, 0.05) is 17.7 Å². The van der Waals surface area contributed by atoms with Crippen LogP contribution in [0.5, 0.6) is 5.75 Å². The molecule has 0 aliphatic rings. The third kappa shape index (κ3) is 4.73. The topological polar surface area (TPSA) is 86.6 Å². The number of carbonyl (C=O) groups is 2. The standard InChI is InChI=1S/C22H19NO4/c24-19-12-8-16(9-13-19)21(25)14-20(15-4-2-1-3-5-15)23-18-10-6-17(7-11-18)22(26)27/h1-13,20,23-24H,14H2,(H,26,27). The highest BCUT2D eigenvalue weighted by Crippen LogP contribution is 2.25. The van der Waals surface area contributed by atoms with Crippen molar-refractivity contribution in [2.75, 3.05) is 5.32 Å².